The van der Waals surface area contributed by atoms with Crippen molar-refractivity contribution in [3.05, 3.63) is 40.9 Å². The van der Waals surface area contributed by atoms with Gasteiger partial charge < -0.3 is 13.9 Å². The number of amides is 1. The number of nitrogens with zero attached hydrogens (tertiary/aromatic N) is 4. The molecule has 9 nitrogen and oxygen atoms in total. The molecule has 1 saturated carbocycles. The fraction of sp³-hybridized carbons (Fsp3) is 0.500. The molecule has 4 rings (SSSR count). The lowest BCUT2D eigenvalue weighted by molar-refractivity contribution is 0.102. The van der Waals surface area contributed by atoms with Gasteiger partial charge in [0.15, 0.2) is 8.32 Å². The Balaban J connectivity index is 1.45. The summed E-state index contributed by atoms with van der Waals surface area (Å²) in [6, 6.07) is 3.44. The van der Waals surface area contributed by atoms with Crippen molar-refractivity contribution in [3.8, 4) is 22.1 Å². The van der Waals surface area contributed by atoms with E-state index in [4.69, 9.17) is 25.5 Å². The summed E-state index contributed by atoms with van der Waals surface area (Å²) in [4.78, 5) is 21.7. The van der Waals surface area contributed by atoms with E-state index in [1.807, 2.05) is 6.92 Å². The van der Waals surface area contributed by atoms with E-state index in [-0.39, 0.29) is 17.2 Å². The van der Waals surface area contributed by atoms with E-state index in [0.29, 0.717) is 43.6 Å². The van der Waals surface area contributed by atoms with Crippen molar-refractivity contribution in [1.29, 1.82) is 0 Å². The number of hydrogen-bond donors (Lipinski definition) is 1. The molecule has 12 heteroatoms. The molecule has 0 aliphatic heterocycles. The molecule has 1 amide bonds. The van der Waals surface area contributed by atoms with E-state index in [1.165, 1.54) is 24.6 Å². The van der Waals surface area contributed by atoms with E-state index < -0.39 is 14.2 Å². The van der Waals surface area contributed by atoms with Crippen LogP contribution >= 0.6 is 22.9 Å². The van der Waals surface area contributed by atoms with Crippen LogP contribution in [-0.2, 0) is 4.43 Å². The van der Waals surface area contributed by atoms with Crippen molar-refractivity contribution in [2.45, 2.75) is 77.3 Å². The molecule has 0 saturated heterocycles. The van der Waals surface area contributed by atoms with Gasteiger partial charge in [-0.15, -0.1) is 5.10 Å². The van der Waals surface area contributed by atoms with Crippen molar-refractivity contribution in [1.82, 2.24) is 20.2 Å². The number of aromatic nitrogens is 4. The molecule has 2 unspecified atom stereocenters. The first-order chi connectivity index (χ1) is 17.9. The zero-order chi connectivity index (χ0) is 27.7. The molecule has 3 aromatic rings. The van der Waals surface area contributed by atoms with Crippen LogP contribution in [0.3, 0.4) is 0 Å². The summed E-state index contributed by atoms with van der Waals surface area (Å²) in [6.45, 7) is 13.1. The number of pyridine rings is 2. The van der Waals surface area contributed by atoms with Crippen LogP contribution in [0.25, 0.3) is 11.1 Å². The van der Waals surface area contributed by atoms with E-state index in [9.17, 15) is 4.79 Å². The highest BCUT2D eigenvalue weighted by Gasteiger charge is 2.41. The minimum absolute atomic E-state index is 0.00914. The monoisotopic (exact) mass is 575 g/mol. The molecule has 0 aromatic carbocycles. The molecule has 1 N–H and O–H groups in total. The third kappa shape index (κ3) is 6.33. The summed E-state index contributed by atoms with van der Waals surface area (Å²) >= 11 is 7.31. The highest BCUT2D eigenvalue weighted by Crippen LogP contribution is 2.40. The van der Waals surface area contributed by atoms with Gasteiger partial charge in [0.25, 0.3) is 11.1 Å². The Hall–Kier alpha value is -2.60. The molecule has 1 fully saturated rings. The number of nitrogens with one attached hydrogen (secondary N) is 1. The van der Waals surface area contributed by atoms with Crippen molar-refractivity contribution in [2.75, 3.05) is 12.4 Å². The van der Waals surface area contributed by atoms with Crippen LogP contribution in [0.1, 0.15) is 56.1 Å². The minimum atomic E-state index is -1.83. The second kappa shape index (κ2) is 11.2. The molecule has 0 radical (unpaired) electrons. The summed E-state index contributed by atoms with van der Waals surface area (Å²) in [5, 5.41) is 12.3. The first kappa shape index (κ1) is 28.4. The van der Waals surface area contributed by atoms with Crippen LogP contribution in [0, 0.1) is 6.92 Å². The standard InChI is InChI=1S/C26H34ClN5O4SSi/c1-15-22(34-5)21(16-10-11-28-20(27)12-16)19(14-29-15)23(33)30-24-31-32-25(37-24)35-17-8-9-18(13-17)36-38(6,7)26(2,3)4/h10-12,14,17-18H,8-9,13H2,1-7H3,(H,30,31,33). The van der Waals surface area contributed by atoms with Gasteiger partial charge >= 0.3 is 0 Å². The molecule has 0 bridgehead atoms. The average Bonchev–Trinajstić information content (AvgIpc) is 3.46. The van der Waals surface area contributed by atoms with E-state index >= 15 is 0 Å². The SMILES string of the molecule is COc1c(C)ncc(C(=O)Nc2nnc(OC3CCC(O[Si](C)(C)C(C)(C)C)C3)s2)c1-c1ccnc(Cl)c1. The van der Waals surface area contributed by atoms with Gasteiger partial charge in [-0.3, -0.25) is 15.1 Å². The number of carbonyl (C=O) groups excluding carboxylic acids is 1. The maximum atomic E-state index is 13.3. The van der Waals surface area contributed by atoms with Gasteiger partial charge in [0.1, 0.15) is 17.0 Å². The first-order valence-corrected chi connectivity index (χ1v) is 16.6. The van der Waals surface area contributed by atoms with E-state index in [0.717, 1.165) is 19.3 Å². The third-order valence-corrected chi connectivity index (χ3v) is 12.6. The lowest BCUT2D eigenvalue weighted by Gasteiger charge is -2.38. The highest BCUT2D eigenvalue weighted by atomic mass is 35.5. The Morgan fingerprint density at radius 2 is 1.92 bits per heavy atom. The van der Waals surface area contributed by atoms with E-state index in [2.05, 4.69) is 59.3 Å². The highest BCUT2D eigenvalue weighted by molar-refractivity contribution is 7.17. The largest absolute Gasteiger partial charge is 0.494 e. The lowest BCUT2D eigenvalue weighted by atomic mass is 9.99. The topological polar surface area (TPSA) is 108 Å². The lowest BCUT2D eigenvalue weighted by Crippen LogP contribution is -2.43. The van der Waals surface area contributed by atoms with Gasteiger partial charge in [0, 0.05) is 30.5 Å². The van der Waals surface area contributed by atoms with Crippen molar-refractivity contribution in [3.63, 3.8) is 0 Å². The summed E-state index contributed by atoms with van der Waals surface area (Å²) in [5.74, 6) is 0.0852. The van der Waals surface area contributed by atoms with Crippen LogP contribution < -0.4 is 14.8 Å². The summed E-state index contributed by atoms with van der Waals surface area (Å²) in [5.41, 5.74) is 2.22. The number of carbonyl (C=O) groups is 1. The second-order valence-corrected chi connectivity index (χ2v) is 17.0. The normalized spacial score (nSPS) is 17.9. The molecule has 0 spiro atoms. The Morgan fingerprint density at radius 3 is 2.61 bits per heavy atom. The van der Waals surface area contributed by atoms with Crippen LogP contribution in [-0.4, -0.2) is 53.7 Å². The molecule has 3 aromatic heterocycles. The minimum Gasteiger partial charge on any atom is -0.494 e. The number of rotatable bonds is 8. The number of ether oxygens (including phenoxy) is 2. The molecular weight excluding hydrogens is 542 g/mol. The number of methoxy groups -OCH3 is 1. The third-order valence-electron chi connectivity index (χ3n) is 7.17. The molecule has 1 aliphatic rings. The predicted octanol–water partition coefficient (Wildman–Crippen LogP) is 6.54. The Labute approximate surface area is 233 Å². The van der Waals surface area contributed by atoms with Gasteiger partial charge in [-0.2, -0.15) is 0 Å². The summed E-state index contributed by atoms with van der Waals surface area (Å²) in [7, 11) is -0.295. The second-order valence-electron chi connectivity index (χ2n) is 10.9. The number of anilines is 1. The van der Waals surface area contributed by atoms with Crippen LogP contribution in [0.2, 0.25) is 23.3 Å². The van der Waals surface area contributed by atoms with Gasteiger partial charge in [-0.05, 0) is 66.9 Å². The zero-order valence-electron chi connectivity index (χ0n) is 22.8. The number of hydrogen-bond acceptors (Lipinski definition) is 9. The zero-order valence-corrected chi connectivity index (χ0v) is 25.4. The van der Waals surface area contributed by atoms with Gasteiger partial charge in [-0.1, -0.05) is 37.5 Å². The first-order valence-electron chi connectivity index (χ1n) is 12.5. The average molecular weight is 576 g/mol. The van der Waals surface area contributed by atoms with Gasteiger partial charge in [0.05, 0.1) is 18.4 Å². The van der Waals surface area contributed by atoms with Crippen LogP contribution in [0.15, 0.2) is 24.5 Å². The van der Waals surface area contributed by atoms with Crippen LogP contribution in [0.4, 0.5) is 5.13 Å². The fourth-order valence-corrected chi connectivity index (χ4v) is 6.41. The Bertz CT molecular complexity index is 1310. The smallest absolute Gasteiger partial charge is 0.296 e. The molecule has 38 heavy (non-hydrogen) atoms. The molecule has 204 valence electrons. The van der Waals surface area contributed by atoms with Crippen molar-refractivity contribution >= 4 is 42.3 Å². The fourth-order valence-electron chi connectivity index (χ4n) is 4.18. The predicted molar refractivity (Wildman–Crippen MR) is 152 cm³/mol. The van der Waals surface area contributed by atoms with Gasteiger partial charge in [0.2, 0.25) is 5.13 Å². The molecule has 3 heterocycles. The summed E-state index contributed by atoms with van der Waals surface area (Å²) in [6.07, 6.45) is 5.97. The van der Waals surface area contributed by atoms with Crippen molar-refractivity contribution in [2.24, 2.45) is 0 Å². The Kier molecular flexibility index (Phi) is 8.41. The number of halogens is 1. The quantitative estimate of drug-likeness (QED) is 0.238. The summed E-state index contributed by atoms with van der Waals surface area (Å²) < 4.78 is 18.3. The molecule has 2 atom stereocenters. The van der Waals surface area contributed by atoms with Gasteiger partial charge in [-0.25, -0.2) is 4.98 Å². The molecular formula is C26H34ClN5O4SSi. The van der Waals surface area contributed by atoms with E-state index in [1.54, 1.807) is 18.3 Å². The Morgan fingerprint density at radius 1 is 1.18 bits per heavy atom. The maximum absolute atomic E-state index is 13.3. The molecule has 1 aliphatic carbocycles. The van der Waals surface area contributed by atoms with Crippen molar-refractivity contribution < 1.29 is 18.7 Å². The maximum Gasteiger partial charge on any atom is 0.296 e. The van der Waals surface area contributed by atoms with Crippen LogP contribution in [0.5, 0.6) is 10.9 Å². The number of aryl methyl sites for hydroxylation is 1.